The number of thiophene rings is 1. The number of hydrogen-bond donors (Lipinski definition) is 1. The van der Waals surface area contributed by atoms with Crippen LogP contribution in [0.4, 0.5) is 0 Å². The standard InChI is InChI=1S/C30H25N3O4S2/c1-18-27(24-17-39-29(31-24)25-8-3-13-33(25)26(34)16-23-7-4-14-38-23)28(32-37-18)22-6-2-5-21(15-22)19-9-11-20(12-10-19)30(35)36/h2,4-7,9-12,14-15,17,25H,3,8,13,16H2,1H3,(H,35,36). The molecule has 0 spiro atoms. The van der Waals surface area contributed by atoms with Crippen molar-refractivity contribution >= 4 is 34.6 Å². The summed E-state index contributed by atoms with van der Waals surface area (Å²) >= 11 is 3.18. The van der Waals surface area contributed by atoms with Crippen LogP contribution in [0.2, 0.25) is 0 Å². The van der Waals surface area contributed by atoms with E-state index in [4.69, 9.17) is 9.51 Å². The average Bonchev–Trinajstić information content (AvgIpc) is 3.76. The first-order valence-electron chi connectivity index (χ1n) is 12.7. The third kappa shape index (κ3) is 5.03. The van der Waals surface area contributed by atoms with Crippen molar-refractivity contribution < 1.29 is 19.2 Å². The van der Waals surface area contributed by atoms with Gasteiger partial charge in [-0.05, 0) is 60.5 Å². The Hall–Kier alpha value is -4.08. The number of carbonyl (C=O) groups excluding carboxylic acids is 1. The van der Waals surface area contributed by atoms with E-state index >= 15 is 0 Å². The van der Waals surface area contributed by atoms with Crippen molar-refractivity contribution in [2.75, 3.05) is 6.54 Å². The molecule has 1 fully saturated rings. The number of carboxylic acid groups (broad SMARTS) is 1. The topological polar surface area (TPSA) is 96.5 Å². The molecule has 6 rings (SSSR count). The molecule has 196 valence electrons. The van der Waals surface area contributed by atoms with Crippen LogP contribution in [0, 0.1) is 6.92 Å². The number of carboxylic acids is 1. The number of nitrogens with zero attached hydrogens (tertiary/aromatic N) is 3. The van der Waals surface area contributed by atoms with Gasteiger partial charge in [-0.2, -0.15) is 0 Å². The van der Waals surface area contributed by atoms with Gasteiger partial charge in [0.15, 0.2) is 0 Å². The zero-order valence-corrected chi connectivity index (χ0v) is 22.8. The summed E-state index contributed by atoms with van der Waals surface area (Å²) in [6, 6.07) is 18.7. The number of hydrogen-bond acceptors (Lipinski definition) is 7. The fraction of sp³-hybridized carbons (Fsp3) is 0.200. The third-order valence-corrected chi connectivity index (χ3v) is 8.83. The Kier molecular flexibility index (Phi) is 6.85. The summed E-state index contributed by atoms with van der Waals surface area (Å²) < 4.78 is 5.63. The molecule has 5 aromatic rings. The van der Waals surface area contributed by atoms with Crippen molar-refractivity contribution in [1.29, 1.82) is 0 Å². The zero-order valence-electron chi connectivity index (χ0n) is 21.2. The molecule has 0 saturated carbocycles. The van der Waals surface area contributed by atoms with Gasteiger partial charge in [-0.25, -0.2) is 9.78 Å². The van der Waals surface area contributed by atoms with Crippen LogP contribution in [0.15, 0.2) is 75.9 Å². The first-order valence-corrected chi connectivity index (χ1v) is 14.4. The van der Waals surface area contributed by atoms with E-state index < -0.39 is 5.97 Å². The van der Waals surface area contributed by atoms with Crippen molar-refractivity contribution in [3.8, 4) is 33.6 Å². The molecule has 1 amide bonds. The first-order chi connectivity index (χ1) is 19.0. The number of carbonyl (C=O) groups is 2. The quantitative estimate of drug-likeness (QED) is 0.230. The lowest BCUT2D eigenvalue weighted by Crippen LogP contribution is -2.31. The van der Waals surface area contributed by atoms with Crippen LogP contribution in [0.3, 0.4) is 0 Å². The number of amides is 1. The van der Waals surface area contributed by atoms with Crippen LogP contribution in [-0.2, 0) is 11.2 Å². The predicted octanol–water partition coefficient (Wildman–Crippen LogP) is 7.11. The number of benzene rings is 2. The van der Waals surface area contributed by atoms with Gasteiger partial charge in [-0.3, -0.25) is 4.79 Å². The lowest BCUT2D eigenvalue weighted by atomic mass is 9.98. The predicted molar refractivity (Wildman–Crippen MR) is 152 cm³/mol. The minimum atomic E-state index is -0.951. The van der Waals surface area contributed by atoms with E-state index in [1.54, 1.807) is 46.9 Å². The molecule has 4 heterocycles. The molecule has 1 atom stereocenters. The van der Waals surface area contributed by atoms with E-state index in [2.05, 4.69) is 5.16 Å². The van der Waals surface area contributed by atoms with Crippen molar-refractivity contribution in [3.05, 3.63) is 92.6 Å². The second kappa shape index (κ2) is 10.6. The number of thiazole rings is 1. The van der Waals surface area contributed by atoms with E-state index in [1.165, 1.54) is 0 Å². The smallest absolute Gasteiger partial charge is 0.335 e. The van der Waals surface area contributed by atoms with E-state index in [0.29, 0.717) is 17.9 Å². The summed E-state index contributed by atoms with van der Waals surface area (Å²) in [5, 5.41) is 18.5. The van der Waals surface area contributed by atoms with Gasteiger partial charge in [-0.1, -0.05) is 41.6 Å². The third-order valence-electron chi connectivity index (χ3n) is 7.01. The summed E-state index contributed by atoms with van der Waals surface area (Å²) in [6.45, 7) is 2.63. The molecular weight excluding hydrogens is 530 g/mol. The number of rotatable bonds is 7. The number of aromatic nitrogens is 2. The average molecular weight is 556 g/mol. The Morgan fingerprint density at radius 1 is 1.05 bits per heavy atom. The van der Waals surface area contributed by atoms with Crippen molar-refractivity contribution in [3.63, 3.8) is 0 Å². The Labute approximate surface area is 233 Å². The number of likely N-dealkylation sites (tertiary alicyclic amines) is 1. The Balaban J connectivity index is 1.28. The van der Waals surface area contributed by atoms with Crippen LogP contribution in [0.1, 0.15) is 44.9 Å². The lowest BCUT2D eigenvalue weighted by Gasteiger charge is -2.23. The summed E-state index contributed by atoms with van der Waals surface area (Å²) in [7, 11) is 0. The monoisotopic (exact) mass is 555 g/mol. The van der Waals surface area contributed by atoms with Crippen molar-refractivity contribution in [1.82, 2.24) is 15.0 Å². The molecule has 7 nitrogen and oxygen atoms in total. The highest BCUT2D eigenvalue weighted by Crippen LogP contribution is 2.40. The van der Waals surface area contributed by atoms with Gasteiger partial charge in [0.1, 0.15) is 16.5 Å². The SMILES string of the molecule is Cc1onc(-c2cccc(-c3ccc(C(=O)O)cc3)c2)c1-c1csc(C2CCCN2C(=O)Cc2cccs2)n1. The highest BCUT2D eigenvalue weighted by atomic mass is 32.1. The minimum absolute atomic E-state index is 0.0167. The highest BCUT2D eigenvalue weighted by molar-refractivity contribution is 7.10. The molecular formula is C30H25N3O4S2. The fourth-order valence-electron chi connectivity index (χ4n) is 5.06. The first kappa shape index (κ1) is 25.2. The molecule has 0 radical (unpaired) electrons. The molecule has 1 aliphatic rings. The van der Waals surface area contributed by atoms with Crippen LogP contribution in [0.25, 0.3) is 33.6 Å². The van der Waals surface area contributed by atoms with E-state index in [9.17, 15) is 14.7 Å². The Bertz CT molecular complexity index is 1640. The van der Waals surface area contributed by atoms with Crippen molar-refractivity contribution in [2.24, 2.45) is 0 Å². The fourth-order valence-corrected chi connectivity index (χ4v) is 6.72. The van der Waals surface area contributed by atoms with E-state index in [-0.39, 0.29) is 17.5 Å². The Morgan fingerprint density at radius 2 is 1.87 bits per heavy atom. The molecule has 1 N–H and O–H groups in total. The van der Waals surface area contributed by atoms with Gasteiger partial charge in [0, 0.05) is 22.4 Å². The summed E-state index contributed by atoms with van der Waals surface area (Å²) in [5.74, 6) is -0.130. The van der Waals surface area contributed by atoms with E-state index in [0.717, 1.165) is 57.2 Å². The van der Waals surface area contributed by atoms with Gasteiger partial charge in [-0.15, -0.1) is 22.7 Å². The molecule has 39 heavy (non-hydrogen) atoms. The maximum Gasteiger partial charge on any atom is 0.335 e. The molecule has 0 aliphatic carbocycles. The largest absolute Gasteiger partial charge is 0.478 e. The minimum Gasteiger partial charge on any atom is -0.478 e. The normalized spacial score (nSPS) is 15.1. The molecule has 1 aliphatic heterocycles. The summed E-state index contributed by atoms with van der Waals surface area (Å²) in [6.07, 6.45) is 2.30. The highest BCUT2D eigenvalue weighted by Gasteiger charge is 2.32. The number of aryl methyl sites for hydroxylation is 1. The van der Waals surface area contributed by atoms with Crippen molar-refractivity contribution in [2.45, 2.75) is 32.2 Å². The molecule has 3 aromatic heterocycles. The maximum atomic E-state index is 13.1. The van der Waals surface area contributed by atoms with Crippen LogP contribution >= 0.6 is 22.7 Å². The molecule has 1 saturated heterocycles. The summed E-state index contributed by atoms with van der Waals surface area (Å²) in [5.41, 5.74) is 5.31. The van der Waals surface area contributed by atoms with Gasteiger partial charge in [0.2, 0.25) is 5.91 Å². The number of aromatic carboxylic acids is 1. The second-order valence-corrected chi connectivity index (χ2v) is 11.4. The summed E-state index contributed by atoms with van der Waals surface area (Å²) in [4.78, 5) is 32.3. The van der Waals surface area contributed by atoms with Gasteiger partial charge in [0.25, 0.3) is 0 Å². The van der Waals surface area contributed by atoms with Crippen LogP contribution < -0.4 is 0 Å². The molecule has 9 heteroatoms. The van der Waals surface area contributed by atoms with E-state index in [1.807, 2.05) is 59.0 Å². The molecule has 1 unspecified atom stereocenters. The van der Waals surface area contributed by atoms with Gasteiger partial charge < -0.3 is 14.5 Å². The van der Waals surface area contributed by atoms with Crippen LogP contribution in [0.5, 0.6) is 0 Å². The lowest BCUT2D eigenvalue weighted by molar-refractivity contribution is -0.131. The van der Waals surface area contributed by atoms with Gasteiger partial charge in [0.05, 0.1) is 29.3 Å². The maximum absolute atomic E-state index is 13.1. The Morgan fingerprint density at radius 3 is 2.64 bits per heavy atom. The van der Waals surface area contributed by atoms with Crippen LogP contribution in [-0.4, -0.2) is 38.6 Å². The second-order valence-electron chi connectivity index (χ2n) is 9.50. The zero-order chi connectivity index (χ0) is 26.9. The molecule has 2 aromatic carbocycles. The van der Waals surface area contributed by atoms with Gasteiger partial charge >= 0.3 is 5.97 Å². The molecule has 0 bridgehead atoms.